The molecule has 0 saturated carbocycles. The minimum Gasteiger partial charge on any atom is -0.378 e. The van der Waals surface area contributed by atoms with E-state index in [4.69, 9.17) is 16.3 Å². The molecular formula is C19H23ClN2O3. The van der Waals surface area contributed by atoms with Gasteiger partial charge < -0.3 is 14.5 Å². The van der Waals surface area contributed by atoms with Crippen molar-refractivity contribution < 1.29 is 14.3 Å². The summed E-state index contributed by atoms with van der Waals surface area (Å²) in [4.78, 5) is 28.9. The van der Waals surface area contributed by atoms with Gasteiger partial charge in [0.25, 0.3) is 0 Å². The first-order valence-electron chi connectivity index (χ1n) is 9.09. The summed E-state index contributed by atoms with van der Waals surface area (Å²) < 4.78 is 5.68. The van der Waals surface area contributed by atoms with Crippen LogP contribution in [0.25, 0.3) is 0 Å². The SMILES string of the molecule is O=C(CC1CCCCO1)N1CC(=O)N2CCc3ccc(Cl)cc3C2C1. The second-order valence-electron chi connectivity index (χ2n) is 7.16. The highest BCUT2D eigenvalue weighted by Crippen LogP contribution is 2.35. The van der Waals surface area contributed by atoms with Crippen LogP contribution in [-0.2, 0) is 20.7 Å². The number of carbonyl (C=O) groups is 2. The van der Waals surface area contributed by atoms with Gasteiger partial charge in [0.15, 0.2) is 0 Å². The average Bonchev–Trinajstić information content (AvgIpc) is 2.62. The summed E-state index contributed by atoms with van der Waals surface area (Å²) in [6.45, 7) is 2.17. The fourth-order valence-corrected chi connectivity index (χ4v) is 4.35. The molecule has 4 rings (SSSR count). The van der Waals surface area contributed by atoms with Crippen molar-refractivity contribution in [1.82, 2.24) is 9.80 Å². The van der Waals surface area contributed by atoms with Crippen molar-refractivity contribution in [3.8, 4) is 0 Å². The molecule has 2 amide bonds. The predicted octanol–water partition coefficient (Wildman–Crippen LogP) is 2.57. The molecule has 0 N–H and O–H groups in total. The first-order chi connectivity index (χ1) is 12.1. The van der Waals surface area contributed by atoms with Gasteiger partial charge in [0.2, 0.25) is 11.8 Å². The number of benzene rings is 1. The molecule has 2 fully saturated rings. The average molecular weight is 363 g/mol. The van der Waals surface area contributed by atoms with Gasteiger partial charge in [-0.2, -0.15) is 0 Å². The Balaban J connectivity index is 1.51. The molecule has 0 aromatic heterocycles. The predicted molar refractivity (Wildman–Crippen MR) is 94.4 cm³/mol. The maximum atomic E-state index is 12.7. The molecule has 134 valence electrons. The van der Waals surface area contributed by atoms with Gasteiger partial charge in [0.05, 0.1) is 25.1 Å². The molecule has 1 aromatic carbocycles. The largest absolute Gasteiger partial charge is 0.378 e. The number of hydrogen-bond acceptors (Lipinski definition) is 3. The number of carbonyl (C=O) groups excluding carboxylic acids is 2. The Morgan fingerprint density at radius 2 is 2.20 bits per heavy atom. The summed E-state index contributed by atoms with van der Waals surface area (Å²) in [5, 5.41) is 0.673. The normalized spacial score (nSPS) is 26.2. The Morgan fingerprint density at radius 3 is 3.00 bits per heavy atom. The number of rotatable bonds is 2. The third-order valence-electron chi connectivity index (χ3n) is 5.53. The molecule has 6 heteroatoms. The van der Waals surface area contributed by atoms with Crippen LogP contribution in [0.1, 0.15) is 42.9 Å². The molecule has 1 aromatic rings. The van der Waals surface area contributed by atoms with E-state index in [0.717, 1.165) is 37.9 Å². The highest BCUT2D eigenvalue weighted by Gasteiger charge is 2.39. The van der Waals surface area contributed by atoms with E-state index in [1.807, 2.05) is 23.1 Å². The van der Waals surface area contributed by atoms with Crippen LogP contribution in [0.3, 0.4) is 0 Å². The van der Waals surface area contributed by atoms with Crippen molar-refractivity contribution in [3.63, 3.8) is 0 Å². The lowest BCUT2D eigenvalue weighted by atomic mass is 9.90. The van der Waals surface area contributed by atoms with Gasteiger partial charge in [0, 0.05) is 24.7 Å². The molecule has 2 saturated heterocycles. The van der Waals surface area contributed by atoms with Crippen LogP contribution in [0.2, 0.25) is 5.02 Å². The summed E-state index contributed by atoms with van der Waals surface area (Å²) >= 11 is 6.17. The Kier molecular flexibility index (Phi) is 4.69. The van der Waals surface area contributed by atoms with Crippen molar-refractivity contribution in [2.45, 2.75) is 44.2 Å². The van der Waals surface area contributed by atoms with Crippen molar-refractivity contribution in [2.24, 2.45) is 0 Å². The second kappa shape index (κ2) is 6.96. The summed E-state index contributed by atoms with van der Waals surface area (Å²) in [6.07, 6.45) is 4.34. The number of piperazine rings is 1. The molecule has 0 radical (unpaired) electrons. The summed E-state index contributed by atoms with van der Waals surface area (Å²) in [7, 11) is 0. The third-order valence-corrected chi connectivity index (χ3v) is 5.77. The number of halogens is 1. The molecule has 3 aliphatic heterocycles. The van der Waals surface area contributed by atoms with Crippen LogP contribution >= 0.6 is 11.6 Å². The number of nitrogens with zero attached hydrogens (tertiary/aromatic N) is 2. The van der Waals surface area contributed by atoms with Crippen molar-refractivity contribution >= 4 is 23.4 Å². The topological polar surface area (TPSA) is 49.9 Å². The zero-order valence-corrected chi connectivity index (χ0v) is 15.0. The number of amides is 2. The van der Waals surface area contributed by atoms with Gasteiger partial charge in [-0.15, -0.1) is 0 Å². The van der Waals surface area contributed by atoms with Gasteiger partial charge in [-0.3, -0.25) is 9.59 Å². The lowest BCUT2D eigenvalue weighted by molar-refractivity contribution is -0.151. The minimum absolute atomic E-state index is 0.00229. The third kappa shape index (κ3) is 3.40. The van der Waals surface area contributed by atoms with Crippen LogP contribution < -0.4 is 0 Å². The smallest absolute Gasteiger partial charge is 0.242 e. The Bertz CT molecular complexity index is 687. The van der Waals surface area contributed by atoms with Crippen molar-refractivity contribution in [2.75, 3.05) is 26.2 Å². The lowest BCUT2D eigenvalue weighted by Crippen LogP contribution is -2.56. The van der Waals surface area contributed by atoms with E-state index in [0.29, 0.717) is 24.5 Å². The first-order valence-corrected chi connectivity index (χ1v) is 9.47. The second-order valence-corrected chi connectivity index (χ2v) is 7.60. The van der Waals surface area contributed by atoms with E-state index in [1.54, 1.807) is 4.90 Å². The summed E-state index contributed by atoms with van der Waals surface area (Å²) in [5.41, 5.74) is 2.31. The molecule has 3 heterocycles. The van der Waals surface area contributed by atoms with E-state index in [9.17, 15) is 9.59 Å². The number of hydrogen-bond donors (Lipinski definition) is 0. The zero-order valence-electron chi connectivity index (χ0n) is 14.2. The molecular weight excluding hydrogens is 340 g/mol. The number of ether oxygens (including phenoxy) is 1. The van der Waals surface area contributed by atoms with Crippen LogP contribution in [0.4, 0.5) is 0 Å². The van der Waals surface area contributed by atoms with Gasteiger partial charge in [-0.05, 0) is 48.9 Å². The van der Waals surface area contributed by atoms with E-state index in [1.165, 1.54) is 5.56 Å². The molecule has 0 aliphatic carbocycles. The molecule has 0 bridgehead atoms. The first kappa shape index (κ1) is 16.9. The standard InChI is InChI=1S/C19H23ClN2O3/c20-14-5-4-13-6-7-22-17(16(13)9-14)11-21(12-19(22)24)18(23)10-15-3-1-2-8-25-15/h4-5,9,15,17H,1-3,6-8,10-12H2. The minimum atomic E-state index is -0.0834. The van der Waals surface area contributed by atoms with Gasteiger partial charge >= 0.3 is 0 Å². The summed E-state index contributed by atoms with van der Waals surface area (Å²) in [6, 6.07) is 5.79. The Morgan fingerprint density at radius 1 is 1.32 bits per heavy atom. The fourth-order valence-electron chi connectivity index (χ4n) is 4.17. The monoisotopic (exact) mass is 362 g/mol. The van der Waals surface area contributed by atoms with E-state index in [2.05, 4.69) is 0 Å². The molecule has 25 heavy (non-hydrogen) atoms. The maximum Gasteiger partial charge on any atom is 0.242 e. The molecule has 2 unspecified atom stereocenters. The van der Waals surface area contributed by atoms with Crippen LogP contribution in [-0.4, -0.2) is 54.0 Å². The van der Waals surface area contributed by atoms with E-state index < -0.39 is 0 Å². The molecule has 0 spiro atoms. The van der Waals surface area contributed by atoms with Gasteiger partial charge in [-0.1, -0.05) is 17.7 Å². The maximum absolute atomic E-state index is 12.7. The Hall–Kier alpha value is -1.59. The summed E-state index contributed by atoms with van der Waals surface area (Å²) in [5.74, 6) is 0.0499. The lowest BCUT2D eigenvalue weighted by Gasteiger charge is -2.44. The molecule has 3 aliphatic rings. The highest BCUT2D eigenvalue weighted by molar-refractivity contribution is 6.30. The van der Waals surface area contributed by atoms with Crippen LogP contribution in [0.15, 0.2) is 18.2 Å². The molecule has 2 atom stereocenters. The number of fused-ring (bicyclic) bond motifs is 3. The van der Waals surface area contributed by atoms with Gasteiger partial charge in [0.1, 0.15) is 0 Å². The van der Waals surface area contributed by atoms with Crippen LogP contribution in [0.5, 0.6) is 0 Å². The van der Waals surface area contributed by atoms with E-state index in [-0.39, 0.29) is 30.5 Å². The van der Waals surface area contributed by atoms with E-state index >= 15 is 0 Å². The van der Waals surface area contributed by atoms with Crippen molar-refractivity contribution in [1.29, 1.82) is 0 Å². The Labute approximate surface area is 152 Å². The fraction of sp³-hybridized carbons (Fsp3) is 0.579. The highest BCUT2D eigenvalue weighted by atomic mass is 35.5. The van der Waals surface area contributed by atoms with Crippen LogP contribution in [0, 0.1) is 0 Å². The molecule has 5 nitrogen and oxygen atoms in total. The zero-order chi connectivity index (χ0) is 17.4. The van der Waals surface area contributed by atoms with Gasteiger partial charge in [-0.25, -0.2) is 0 Å². The van der Waals surface area contributed by atoms with Crippen molar-refractivity contribution in [3.05, 3.63) is 34.3 Å². The quantitative estimate of drug-likeness (QED) is 0.812.